The standard InChI is InChI=1S/C22H23ClN4O3S/c1-26-13-12-21(25-26)31(29,30)27(15-16-8-10-18(23)11-9-16)20-7-2-4-17(14-20)22(28)24-19-5-3-6-19/h2,4,7-14,19H,3,5-6,15H2,1H3,(H,24,28). The summed E-state index contributed by atoms with van der Waals surface area (Å²) in [6, 6.07) is 15.3. The van der Waals surface area contributed by atoms with Gasteiger partial charge in [0.1, 0.15) is 0 Å². The van der Waals surface area contributed by atoms with Gasteiger partial charge in [0, 0.05) is 29.9 Å². The van der Waals surface area contributed by atoms with E-state index < -0.39 is 10.0 Å². The lowest BCUT2D eigenvalue weighted by Gasteiger charge is -2.27. The zero-order valence-electron chi connectivity index (χ0n) is 17.0. The molecule has 1 aliphatic carbocycles. The number of hydrogen-bond acceptors (Lipinski definition) is 4. The third-order valence-corrected chi connectivity index (χ3v) is 7.24. The maximum atomic E-state index is 13.5. The molecule has 2 aromatic carbocycles. The van der Waals surface area contributed by atoms with Crippen molar-refractivity contribution in [1.29, 1.82) is 0 Å². The molecule has 162 valence electrons. The Morgan fingerprint density at radius 2 is 1.94 bits per heavy atom. The van der Waals surface area contributed by atoms with Crippen molar-refractivity contribution in [2.45, 2.75) is 36.9 Å². The van der Waals surface area contributed by atoms with E-state index in [2.05, 4.69) is 10.4 Å². The molecule has 9 heteroatoms. The zero-order chi connectivity index (χ0) is 22.0. The average molecular weight is 459 g/mol. The Labute approximate surface area is 186 Å². The Kier molecular flexibility index (Phi) is 6.02. The molecule has 31 heavy (non-hydrogen) atoms. The summed E-state index contributed by atoms with van der Waals surface area (Å²) in [5.74, 6) is -0.201. The molecule has 1 amide bonds. The minimum Gasteiger partial charge on any atom is -0.349 e. The normalized spacial score (nSPS) is 14.1. The van der Waals surface area contributed by atoms with Gasteiger partial charge >= 0.3 is 0 Å². The first-order chi connectivity index (χ1) is 14.8. The van der Waals surface area contributed by atoms with Crippen LogP contribution < -0.4 is 9.62 Å². The van der Waals surface area contributed by atoms with Gasteiger partial charge in [0.25, 0.3) is 15.9 Å². The van der Waals surface area contributed by atoms with Crippen molar-refractivity contribution in [3.63, 3.8) is 0 Å². The van der Waals surface area contributed by atoms with Crippen molar-refractivity contribution in [3.05, 3.63) is 76.9 Å². The molecular weight excluding hydrogens is 436 g/mol. The van der Waals surface area contributed by atoms with Gasteiger partial charge in [0.05, 0.1) is 12.2 Å². The number of carbonyl (C=O) groups excluding carboxylic acids is 1. The number of hydrogen-bond donors (Lipinski definition) is 1. The zero-order valence-corrected chi connectivity index (χ0v) is 18.6. The largest absolute Gasteiger partial charge is 0.349 e. The summed E-state index contributed by atoms with van der Waals surface area (Å²) >= 11 is 5.98. The Morgan fingerprint density at radius 3 is 2.55 bits per heavy atom. The second-order valence-electron chi connectivity index (χ2n) is 7.62. The minimum atomic E-state index is -3.96. The Balaban J connectivity index is 1.70. The third-order valence-electron chi connectivity index (χ3n) is 5.32. The average Bonchev–Trinajstić information content (AvgIpc) is 3.17. The molecule has 0 aliphatic heterocycles. The smallest absolute Gasteiger partial charge is 0.283 e. The van der Waals surface area contributed by atoms with E-state index in [1.807, 2.05) is 0 Å². The highest BCUT2D eigenvalue weighted by atomic mass is 35.5. The van der Waals surface area contributed by atoms with Gasteiger partial charge in [-0.2, -0.15) is 13.5 Å². The van der Waals surface area contributed by atoms with Gasteiger partial charge in [0.15, 0.2) is 5.03 Å². The monoisotopic (exact) mass is 458 g/mol. The predicted molar refractivity (Wildman–Crippen MR) is 120 cm³/mol. The van der Waals surface area contributed by atoms with Crippen LogP contribution in [0, 0.1) is 0 Å². The van der Waals surface area contributed by atoms with Gasteiger partial charge in [-0.3, -0.25) is 13.8 Å². The molecule has 0 atom stereocenters. The topological polar surface area (TPSA) is 84.3 Å². The van der Waals surface area contributed by atoms with Crippen LogP contribution >= 0.6 is 11.6 Å². The maximum Gasteiger partial charge on any atom is 0.283 e. The van der Waals surface area contributed by atoms with E-state index in [0.29, 0.717) is 16.3 Å². The Hall–Kier alpha value is -2.84. The summed E-state index contributed by atoms with van der Waals surface area (Å²) in [4.78, 5) is 12.6. The van der Waals surface area contributed by atoms with E-state index in [1.165, 1.54) is 15.1 Å². The number of nitrogens with zero attached hydrogens (tertiary/aromatic N) is 3. The number of sulfonamides is 1. The van der Waals surface area contributed by atoms with Gasteiger partial charge < -0.3 is 5.32 Å². The van der Waals surface area contributed by atoms with Crippen LogP contribution in [0.3, 0.4) is 0 Å². The molecule has 1 fully saturated rings. The van der Waals surface area contributed by atoms with Gasteiger partial charge in [-0.25, -0.2) is 0 Å². The molecule has 0 radical (unpaired) electrons. The highest BCUT2D eigenvalue weighted by Crippen LogP contribution is 2.27. The Bertz CT molecular complexity index is 1190. The van der Waals surface area contributed by atoms with E-state index >= 15 is 0 Å². The molecule has 4 rings (SSSR count). The lowest BCUT2D eigenvalue weighted by atomic mass is 9.93. The molecule has 3 aromatic rings. The number of halogens is 1. The quantitative estimate of drug-likeness (QED) is 0.584. The lowest BCUT2D eigenvalue weighted by Crippen LogP contribution is -2.39. The summed E-state index contributed by atoms with van der Waals surface area (Å²) < 4.78 is 29.6. The van der Waals surface area contributed by atoms with Gasteiger partial charge in [-0.1, -0.05) is 29.8 Å². The van der Waals surface area contributed by atoms with Gasteiger partial charge in [0.2, 0.25) is 0 Å². The number of nitrogens with one attached hydrogen (secondary N) is 1. The van der Waals surface area contributed by atoms with Crippen LogP contribution in [0.5, 0.6) is 0 Å². The fourth-order valence-corrected chi connectivity index (χ4v) is 4.87. The van der Waals surface area contributed by atoms with Crippen molar-refractivity contribution in [2.24, 2.45) is 7.05 Å². The second-order valence-corrected chi connectivity index (χ2v) is 9.86. The number of benzene rings is 2. The molecule has 1 aromatic heterocycles. The summed E-state index contributed by atoms with van der Waals surface area (Å²) in [6.07, 6.45) is 4.64. The predicted octanol–water partition coefficient (Wildman–Crippen LogP) is 3.75. The maximum absolute atomic E-state index is 13.5. The van der Waals surface area contributed by atoms with Crippen LogP contribution in [0.4, 0.5) is 5.69 Å². The van der Waals surface area contributed by atoms with Crippen molar-refractivity contribution < 1.29 is 13.2 Å². The van der Waals surface area contributed by atoms with Crippen LogP contribution in [-0.2, 0) is 23.6 Å². The SMILES string of the molecule is Cn1ccc(S(=O)(=O)N(Cc2ccc(Cl)cc2)c2cccc(C(=O)NC3CCC3)c2)n1. The highest BCUT2D eigenvalue weighted by molar-refractivity contribution is 7.92. The first kappa shape index (κ1) is 21.4. The molecule has 1 saturated carbocycles. The van der Waals surface area contributed by atoms with E-state index in [4.69, 9.17) is 11.6 Å². The highest BCUT2D eigenvalue weighted by Gasteiger charge is 2.28. The fourth-order valence-electron chi connectivity index (χ4n) is 3.34. The summed E-state index contributed by atoms with van der Waals surface area (Å²) in [6.45, 7) is 0.0732. The fraction of sp³-hybridized carbons (Fsp3) is 0.273. The van der Waals surface area contributed by atoms with Crippen molar-refractivity contribution in [2.75, 3.05) is 4.31 Å². The second kappa shape index (κ2) is 8.72. The van der Waals surface area contributed by atoms with E-state index in [1.54, 1.807) is 61.8 Å². The molecule has 0 spiro atoms. The molecule has 1 heterocycles. The van der Waals surface area contributed by atoms with E-state index in [-0.39, 0.29) is 23.5 Å². The number of carbonyl (C=O) groups is 1. The number of rotatable bonds is 7. The van der Waals surface area contributed by atoms with Crippen LogP contribution in [0.1, 0.15) is 35.2 Å². The van der Waals surface area contributed by atoms with Gasteiger partial charge in [-0.15, -0.1) is 0 Å². The molecule has 0 saturated heterocycles. The van der Waals surface area contributed by atoms with Gasteiger partial charge in [-0.05, 0) is 61.2 Å². The van der Waals surface area contributed by atoms with Crippen LogP contribution in [0.2, 0.25) is 5.02 Å². The number of amides is 1. The number of aromatic nitrogens is 2. The third kappa shape index (κ3) is 4.75. The summed E-state index contributed by atoms with van der Waals surface area (Å²) in [7, 11) is -2.30. The van der Waals surface area contributed by atoms with Crippen molar-refractivity contribution >= 4 is 33.2 Å². The first-order valence-corrected chi connectivity index (χ1v) is 11.8. The van der Waals surface area contributed by atoms with E-state index in [0.717, 1.165) is 24.8 Å². The van der Waals surface area contributed by atoms with Crippen molar-refractivity contribution in [3.8, 4) is 0 Å². The molecule has 1 aliphatic rings. The molecule has 0 unspecified atom stereocenters. The Morgan fingerprint density at radius 1 is 1.19 bits per heavy atom. The lowest BCUT2D eigenvalue weighted by molar-refractivity contribution is 0.0917. The molecular formula is C22H23ClN4O3S. The van der Waals surface area contributed by atoms with E-state index in [9.17, 15) is 13.2 Å². The van der Waals surface area contributed by atoms with Crippen LogP contribution in [-0.4, -0.2) is 30.1 Å². The molecule has 0 bridgehead atoms. The van der Waals surface area contributed by atoms with Crippen LogP contribution in [0.25, 0.3) is 0 Å². The number of anilines is 1. The van der Waals surface area contributed by atoms with Crippen LogP contribution in [0.15, 0.2) is 65.8 Å². The number of aryl methyl sites for hydroxylation is 1. The first-order valence-electron chi connectivity index (χ1n) is 10.0. The molecule has 1 N–H and O–H groups in total. The summed E-state index contributed by atoms with van der Waals surface area (Å²) in [5, 5.41) is 7.58. The summed E-state index contributed by atoms with van der Waals surface area (Å²) in [5.41, 5.74) is 1.57. The van der Waals surface area contributed by atoms with Crippen molar-refractivity contribution in [1.82, 2.24) is 15.1 Å². The molecule has 7 nitrogen and oxygen atoms in total. The minimum absolute atomic E-state index is 0.0618.